The molecule has 0 saturated carbocycles. The van der Waals surface area contributed by atoms with Gasteiger partial charge in [0.2, 0.25) is 0 Å². The lowest BCUT2D eigenvalue weighted by Gasteiger charge is -2.23. The van der Waals surface area contributed by atoms with Crippen molar-refractivity contribution in [3.8, 4) is 5.75 Å². The molecule has 5 nitrogen and oxygen atoms in total. The summed E-state index contributed by atoms with van der Waals surface area (Å²) >= 11 is 0. The summed E-state index contributed by atoms with van der Waals surface area (Å²) in [5, 5.41) is 5.93. The minimum absolute atomic E-state index is 0.148. The predicted octanol–water partition coefficient (Wildman–Crippen LogP) is 4.62. The van der Waals surface area contributed by atoms with Crippen LogP contribution in [0.5, 0.6) is 5.75 Å². The summed E-state index contributed by atoms with van der Waals surface area (Å²) < 4.78 is 5.53. The van der Waals surface area contributed by atoms with Crippen LogP contribution in [0.3, 0.4) is 0 Å². The third-order valence-corrected chi connectivity index (χ3v) is 4.03. The van der Waals surface area contributed by atoms with Crippen molar-refractivity contribution in [3.05, 3.63) is 53.3 Å². The van der Waals surface area contributed by atoms with E-state index >= 15 is 0 Å². The second-order valence-electron chi connectivity index (χ2n) is 6.44. The Morgan fingerprint density at radius 2 is 1.96 bits per heavy atom. The summed E-state index contributed by atoms with van der Waals surface area (Å²) in [5.41, 5.74) is 3.69. The molecule has 1 heterocycles. The minimum atomic E-state index is -0.243. The number of hydrogen-bond acceptors (Lipinski definition) is 3. The van der Waals surface area contributed by atoms with Crippen LogP contribution in [0.25, 0.3) is 0 Å². The fourth-order valence-corrected chi connectivity index (χ4v) is 2.73. The van der Waals surface area contributed by atoms with Gasteiger partial charge in [-0.25, -0.2) is 4.79 Å². The summed E-state index contributed by atoms with van der Waals surface area (Å²) in [4.78, 5) is 16.9. The van der Waals surface area contributed by atoms with Gasteiger partial charge in [0.15, 0.2) is 0 Å². The number of pyridine rings is 1. The number of anilines is 1. The number of rotatable bonds is 6. The van der Waals surface area contributed by atoms with Crippen molar-refractivity contribution in [2.45, 2.75) is 40.7 Å². The summed E-state index contributed by atoms with van der Waals surface area (Å²) in [7, 11) is 0. The molecule has 1 aromatic carbocycles. The van der Waals surface area contributed by atoms with E-state index in [2.05, 4.69) is 29.5 Å². The van der Waals surface area contributed by atoms with Gasteiger partial charge in [-0.05, 0) is 62.1 Å². The van der Waals surface area contributed by atoms with E-state index in [9.17, 15) is 4.79 Å². The SMILES string of the molecule is CCOc1ccc(NC(=O)NC(c2ncccc2C)C(C)C)cc1C. The van der Waals surface area contributed by atoms with E-state index in [1.807, 2.05) is 51.1 Å². The van der Waals surface area contributed by atoms with Crippen molar-refractivity contribution in [1.29, 1.82) is 0 Å². The van der Waals surface area contributed by atoms with Crippen LogP contribution in [0.15, 0.2) is 36.5 Å². The number of carbonyl (C=O) groups excluding carboxylic acids is 1. The van der Waals surface area contributed by atoms with Crippen molar-refractivity contribution in [2.24, 2.45) is 5.92 Å². The Morgan fingerprint density at radius 3 is 2.56 bits per heavy atom. The number of aryl methyl sites for hydroxylation is 2. The van der Waals surface area contributed by atoms with Gasteiger partial charge in [0.25, 0.3) is 0 Å². The molecule has 0 spiro atoms. The second-order valence-corrected chi connectivity index (χ2v) is 6.44. The van der Waals surface area contributed by atoms with Crippen molar-refractivity contribution in [3.63, 3.8) is 0 Å². The van der Waals surface area contributed by atoms with Gasteiger partial charge in [-0.2, -0.15) is 0 Å². The molecule has 0 saturated heterocycles. The number of carbonyl (C=O) groups is 1. The summed E-state index contributed by atoms with van der Waals surface area (Å²) in [6.45, 7) is 10.7. The number of nitrogens with one attached hydrogen (secondary N) is 2. The molecule has 25 heavy (non-hydrogen) atoms. The van der Waals surface area contributed by atoms with Crippen LogP contribution in [0.4, 0.5) is 10.5 Å². The highest BCUT2D eigenvalue weighted by Crippen LogP contribution is 2.24. The molecule has 2 rings (SSSR count). The third-order valence-electron chi connectivity index (χ3n) is 4.03. The monoisotopic (exact) mass is 341 g/mol. The van der Waals surface area contributed by atoms with Crippen LogP contribution >= 0.6 is 0 Å². The predicted molar refractivity (Wildman–Crippen MR) is 101 cm³/mol. The molecule has 0 fully saturated rings. The van der Waals surface area contributed by atoms with Crippen molar-refractivity contribution >= 4 is 11.7 Å². The Kier molecular flexibility index (Phi) is 6.39. The van der Waals surface area contributed by atoms with Gasteiger partial charge in [0.1, 0.15) is 5.75 Å². The molecule has 2 amide bonds. The van der Waals surface area contributed by atoms with Gasteiger partial charge in [-0.3, -0.25) is 4.98 Å². The van der Waals surface area contributed by atoms with E-state index in [1.165, 1.54) is 0 Å². The van der Waals surface area contributed by atoms with Gasteiger partial charge in [0.05, 0.1) is 18.3 Å². The zero-order valence-electron chi connectivity index (χ0n) is 15.6. The number of ether oxygens (including phenoxy) is 1. The van der Waals surface area contributed by atoms with Gasteiger partial charge in [0, 0.05) is 11.9 Å². The molecule has 134 valence electrons. The summed E-state index contributed by atoms with van der Waals surface area (Å²) in [6, 6.07) is 9.13. The molecule has 0 aliphatic rings. The minimum Gasteiger partial charge on any atom is -0.494 e. The molecule has 1 unspecified atom stereocenters. The maximum absolute atomic E-state index is 12.5. The van der Waals surface area contributed by atoms with E-state index in [-0.39, 0.29) is 18.0 Å². The number of benzene rings is 1. The van der Waals surface area contributed by atoms with E-state index in [0.29, 0.717) is 6.61 Å². The zero-order valence-corrected chi connectivity index (χ0v) is 15.6. The van der Waals surface area contributed by atoms with Crippen LogP contribution in [-0.2, 0) is 0 Å². The Labute approximate surface area is 149 Å². The van der Waals surface area contributed by atoms with E-state index < -0.39 is 0 Å². The smallest absolute Gasteiger partial charge is 0.319 e. The van der Waals surface area contributed by atoms with Crippen molar-refractivity contribution in [1.82, 2.24) is 10.3 Å². The Balaban J connectivity index is 2.09. The molecule has 0 aliphatic carbocycles. The first-order valence-electron chi connectivity index (χ1n) is 8.64. The lowest BCUT2D eigenvalue weighted by Crippen LogP contribution is -2.36. The Morgan fingerprint density at radius 1 is 1.20 bits per heavy atom. The van der Waals surface area contributed by atoms with Gasteiger partial charge >= 0.3 is 6.03 Å². The molecular formula is C20H27N3O2. The van der Waals surface area contributed by atoms with Gasteiger partial charge in [-0.15, -0.1) is 0 Å². The van der Waals surface area contributed by atoms with Crippen LogP contribution in [0.1, 0.15) is 43.6 Å². The quantitative estimate of drug-likeness (QED) is 0.806. The lowest BCUT2D eigenvalue weighted by molar-refractivity contribution is 0.244. The van der Waals surface area contributed by atoms with Crippen molar-refractivity contribution in [2.75, 3.05) is 11.9 Å². The number of aromatic nitrogens is 1. The highest BCUT2D eigenvalue weighted by Gasteiger charge is 2.21. The molecule has 0 bridgehead atoms. The molecule has 2 aromatic rings. The van der Waals surface area contributed by atoms with Crippen LogP contribution < -0.4 is 15.4 Å². The van der Waals surface area contributed by atoms with E-state index in [4.69, 9.17) is 4.74 Å². The van der Waals surface area contributed by atoms with E-state index in [1.54, 1.807) is 6.20 Å². The number of amides is 2. The lowest BCUT2D eigenvalue weighted by atomic mass is 9.97. The summed E-state index contributed by atoms with van der Waals surface area (Å²) in [6.07, 6.45) is 1.76. The number of hydrogen-bond donors (Lipinski definition) is 2. The molecule has 0 aliphatic heterocycles. The Bertz CT molecular complexity index is 729. The first-order chi connectivity index (χ1) is 11.9. The van der Waals surface area contributed by atoms with Crippen LogP contribution in [-0.4, -0.2) is 17.6 Å². The van der Waals surface area contributed by atoms with Gasteiger partial charge < -0.3 is 15.4 Å². The highest BCUT2D eigenvalue weighted by atomic mass is 16.5. The first-order valence-corrected chi connectivity index (χ1v) is 8.64. The largest absolute Gasteiger partial charge is 0.494 e. The maximum Gasteiger partial charge on any atom is 0.319 e. The van der Waals surface area contributed by atoms with Crippen molar-refractivity contribution < 1.29 is 9.53 Å². The summed E-state index contributed by atoms with van der Waals surface area (Å²) in [5.74, 6) is 1.05. The fraction of sp³-hybridized carbons (Fsp3) is 0.400. The van der Waals surface area contributed by atoms with Crippen LogP contribution in [0.2, 0.25) is 0 Å². The topological polar surface area (TPSA) is 63.2 Å². The second kappa shape index (κ2) is 8.51. The maximum atomic E-state index is 12.5. The Hall–Kier alpha value is -2.56. The zero-order chi connectivity index (χ0) is 18.4. The standard InChI is InChI=1S/C20H27N3O2/c1-6-25-17-10-9-16(12-15(17)5)22-20(24)23-18(13(2)3)19-14(4)8-7-11-21-19/h7-13,18H,6H2,1-5H3,(H2,22,23,24). The van der Waals surface area contributed by atoms with E-state index in [0.717, 1.165) is 28.3 Å². The molecule has 0 radical (unpaired) electrons. The first kappa shape index (κ1) is 18.8. The highest BCUT2D eigenvalue weighted by molar-refractivity contribution is 5.89. The molecule has 2 N–H and O–H groups in total. The van der Waals surface area contributed by atoms with Gasteiger partial charge in [-0.1, -0.05) is 19.9 Å². The fourth-order valence-electron chi connectivity index (χ4n) is 2.73. The molecular weight excluding hydrogens is 314 g/mol. The molecule has 1 atom stereocenters. The third kappa shape index (κ3) is 4.95. The normalized spacial score (nSPS) is 11.9. The average molecular weight is 341 g/mol. The molecule has 1 aromatic heterocycles. The number of urea groups is 1. The number of nitrogens with zero attached hydrogens (tertiary/aromatic N) is 1. The average Bonchev–Trinajstić information content (AvgIpc) is 2.56. The van der Waals surface area contributed by atoms with Crippen LogP contribution in [0, 0.1) is 19.8 Å². The molecule has 5 heteroatoms.